The monoisotopic (exact) mass is 362 g/mol. The van der Waals surface area contributed by atoms with Crippen LogP contribution in [0.25, 0.3) is 22.6 Å². The summed E-state index contributed by atoms with van der Waals surface area (Å²) < 4.78 is 2.15. The molecule has 2 aromatic carbocycles. The van der Waals surface area contributed by atoms with Crippen LogP contribution in [0.3, 0.4) is 0 Å². The molecular weight excluding hydrogens is 344 g/mol. The molecule has 5 nitrogen and oxygen atoms in total. The molecule has 2 heterocycles. The van der Waals surface area contributed by atoms with Crippen molar-refractivity contribution in [2.45, 2.75) is 20.4 Å². The lowest BCUT2D eigenvalue weighted by Crippen LogP contribution is -2.22. The topological polar surface area (TPSA) is 51.0 Å². The highest BCUT2D eigenvalue weighted by atomic mass is 32.1. The summed E-state index contributed by atoms with van der Waals surface area (Å²) in [6.07, 6.45) is 0. The van der Waals surface area contributed by atoms with Gasteiger partial charge in [-0.25, -0.2) is 9.97 Å². The number of aryl methyl sites for hydroxylation is 1. The summed E-state index contributed by atoms with van der Waals surface area (Å²) in [4.78, 5) is 23.3. The number of hydrogen-bond donors (Lipinski definition) is 0. The molecule has 1 amide bonds. The molecule has 4 aromatic rings. The number of anilines is 2. The summed E-state index contributed by atoms with van der Waals surface area (Å²) in [7, 11) is 0. The van der Waals surface area contributed by atoms with Gasteiger partial charge < -0.3 is 4.57 Å². The summed E-state index contributed by atoms with van der Waals surface area (Å²) >= 11 is 1.45. The Morgan fingerprint density at radius 3 is 2.54 bits per heavy atom. The second-order valence-corrected chi connectivity index (χ2v) is 6.71. The van der Waals surface area contributed by atoms with Gasteiger partial charge in [0.05, 0.1) is 16.7 Å². The van der Waals surface area contributed by atoms with Crippen molar-refractivity contribution < 1.29 is 4.79 Å². The average Bonchev–Trinajstić information content (AvgIpc) is 3.26. The van der Waals surface area contributed by atoms with Gasteiger partial charge in [-0.3, -0.25) is 9.69 Å². The third-order valence-corrected chi connectivity index (χ3v) is 5.04. The lowest BCUT2D eigenvalue weighted by atomic mass is 10.3. The molecule has 0 saturated carbocycles. The van der Waals surface area contributed by atoms with Gasteiger partial charge in [-0.05, 0) is 31.2 Å². The van der Waals surface area contributed by atoms with Crippen LogP contribution in [0.5, 0.6) is 0 Å². The van der Waals surface area contributed by atoms with Crippen LogP contribution >= 0.6 is 11.3 Å². The summed E-state index contributed by atoms with van der Waals surface area (Å²) in [5, 5.41) is 2.61. The second-order valence-electron chi connectivity index (χ2n) is 5.87. The summed E-state index contributed by atoms with van der Waals surface area (Å²) in [5.41, 5.74) is 3.63. The zero-order chi connectivity index (χ0) is 18.1. The van der Waals surface area contributed by atoms with Crippen LogP contribution in [0.2, 0.25) is 0 Å². The maximum absolute atomic E-state index is 12.2. The molecule has 0 saturated heterocycles. The second kappa shape index (κ2) is 6.72. The fourth-order valence-electron chi connectivity index (χ4n) is 3.06. The standard InChI is InChI=1S/C20H18N4OS/c1-3-23-18-12-8-7-11-16(18)21-19(23)17-13-26-20(22-17)24(14(2)25)15-9-5-4-6-10-15/h4-13H,3H2,1-2H3. The number of aromatic nitrogens is 3. The lowest BCUT2D eigenvalue weighted by Gasteiger charge is -2.17. The predicted octanol–water partition coefficient (Wildman–Crippen LogP) is 4.86. The highest BCUT2D eigenvalue weighted by Gasteiger charge is 2.20. The van der Waals surface area contributed by atoms with Gasteiger partial charge in [-0.2, -0.15) is 0 Å². The Labute approximate surface area is 155 Å². The Kier molecular flexibility index (Phi) is 4.26. The number of rotatable bonds is 4. The van der Waals surface area contributed by atoms with Crippen LogP contribution in [0, 0.1) is 0 Å². The van der Waals surface area contributed by atoms with E-state index >= 15 is 0 Å². The van der Waals surface area contributed by atoms with E-state index in [1.54, 1.807) is 11.8 Å². The molecule has 6 heteroatoms. The van der Waals surface area contributed by atoms with Crippen LogP contribution in [-0.2, 0) is 11.3 Å². The number of imidazole rings is 1. The van der Waals surface area contributed by atoms with E-state index in [1.165, 1.54) is 11.3 Å². The van der Waals surface area contributed by atoms with Crippen LogP contribution in [0.15, 0.2) is 60.0 Å². The summed E-state index contributed by atoms with van der Waals surface area (Å²) in [6, 6.07) is 17.6. The van der Waals surface area contributed by atoms with Gasteiger partial charge in [0.15, 0.2) is 11.0 Å². The Hall–Kier alpha value is -2.99. The van der Waals surface area contributed by atoms with Gasteiger partial charge in [0.1, 0.15) is 5.69 Å². The van der Waals surface area contributed by atoms with Crippen molar-refractivity contribution >= 4 is 39.1 Å². The number of hydrogen-bond acceptors (Lipinski definition) is 4. The number of nitrogens with zero attached hydrogens (tertiary/aromatic N) is 4. The van der Waals surface area contributed by atoms with E-state index in [2.05, 4.69) is 17.6 Å². The van der Waals surface area contributed by atoms with Crippen molar-refractivity contribution in [3.63, 3.8) is 0 Å². The fraction of sp³-hybridized carbons (Fsp3) is 0.150. The van der Waals surface area contributed by atoms with E-state index in [0.29, 0.717) is 5.13 Å². The molecule has 0 radical (unpaired) electrons. The number of benzene rings is 2. The third kappa shape index (κ3) is 2.78. The van der Waals surface area contributed by atoms with Crippen LogP contribution in [0.4, 0.5) is 10.8 Å². The molecule has 0 unspecified atom stereocenters. The van der Waals surface area contributed by atoms with Crippen molar-refractivity contribution in [3.8, 4) is 11.5 Å². The van der Waals surface area contributed by atoms with Crippen LogP contribution in [-0.4, -0.2) is 20.4 Å². The van der Waals surface area contributed by atoms with Gasteiger partial charge in [0, 0.05) is 18.8 Å². The molecule has 130 valence electrons. The first-order valence-corrected chi connectivity index (χ1v) is 9.34. The highest BCUT2D eigenvalue weighted by molar-refractivity contribution is 7.14. The predicted molar refractivity (Wildman–Crippen MR) is 106 cm³/mol. The van der Waals surface area contributed by atoms with Gasteiger partial charge >= 0.3 is 0 Å². The molecule has 4 rings (SSSR count). The van der Waals surface area contributed by atoms with Gasteiger partial charge in [-0.15, -0.1) is 11.3 Å². The van der Waals surface area contributed by atoms with Gasteiger partial charge in [0.2, 0.25) is 5.91 Å². The molecule has 0 atom stereocenters. The Balaban J connectivity index is 1.80. The van der Waals surface area contributed by atoms with Gasteiger partial charge in [-0.1, -0.05) is 30.3 Å². The molecular formula is C20H18N4OS. The molecule has 0 aliphatic heterocycles. The first kappa shape index (κ1) is 16.5. The van der Waals surface area contributed by atoms with Crippen molar-refractivity contribution in [1.82, 2.24) is 14.5 Å². The first-order valence-electron chi connectivity index (χ1n) is 8.46. The molecule has 0 aliphatic carbocycles. The minimum Gasteiger partial charge on any atom is -0.323 e. The molecule has 0 spiro atoms. The Morgan fingerprint density at radius 1 is 1.08 bits per heavy atom. The SMILES string of the molecule is CCn1c(-c2csc(N(C(C)=O)c3ccccc3)n2)nc2ccccc21. The molecule has 0 aliphatic rings. The number of carbonyl (C=O) groups excluding carboxylic acids is 1. The Bertz CT molecular complexity index is 1070. The number of fused-ring (bicyclic) bond motifs is 1. The van der Waals surface area contributed by atoms with E-state index in [-0.39, 0.29) is 5.91 Å². The van der Waals surface area contributed by atoms with Crippen LogP contribution < -0.4 is 4.90 Å². The zero-order valence-electron chi connectivity index (χ0n) is 14.6. The van der Waals surface area contributed by atoms with E-state index < -0.39 is 0 Å². The highest BCUT2D eigenvalue weighted by Crippen LogP contribution is 2.33. The molecule has 26 heavy (non-hydrogen) atoms. The zero-order valence-corrected chi connectivity index (χ0v) is 15.4. The minimum atomic E-state index is -0.0684. The molecule has 0 fully saturated rings. The molecule has 0 N–H and O–H groups in total. The first-order chi connectivity index (χ1) is 12.7. The Morgan fingerprint density at radius 2 is 1.81 bits per heavy atom. The third-order valence-electron chi connectivity index (χ3n) is 4.21. The smallest absolute Gasteiger partial charge is 0.230 e. The summed E-state index contributed by atoms with van der Waals surface area (Å²) in [6.45, 7) is 4.45. The quantitative estimate of drug-likeness (QED) is 0.521. The van der Waals surface area contributed by atoms with Gasteiger partial charge in [0.25, 0.3) is 0 Å². The number of para-hydroxylation sites is 3. The van der Waals surface area contributed by atoms with E-state index in [9.17, 15) is 4.79 Å². The molecule has 0 bridgehead atoms. The van der Waals surface area contributed by atoms with Crippen molar-refractivity contribution in [1.29, 1.82) is 0 Å². The summed E-state index contributed by atoms with van der Waals surface area (Å²) in [5.74, 6) is 0.758. The van der Waals surface area contributed by atoms with E-state index in [4.69, 9.17) is 9.97 Å². The maximum Gasteiger partial charge on any atom is 0.230 e. The lowest BCUT2D eigenvalue weighted by molar-refractivity contribution is -0.115. The average molecular weight is 362 g/mol. The maximum atomic E-state index is 12.2. The van der Waals surface area contributed by atoms with Crippen molar-refractivity contribution in [2.75, 3.05) is 4.90 Å². The van der Waals surface area contributed by atoms with E-state index in [1.807, 2.05) is 53.9 Å². The fourth-order valence-corrected chi connectivity index (χ4v) is 3.93. The van der Waals surface area contributed by atoms with Crippen LogP contribution in [0.1, 0.15) is 13.8 Å². The number of carbonyl (C=O) groups is 1. The number of thiazole rings is 1. The van der Waals surface area contributed by atoms with Crippen molar-refractivity contribution in [3.05, 3.63) is 60.0 Å². The largest absolute Gasteiger partial charge is 0.323 e. The van der Waals surface area contributed by atoms with E-state index in [0.717, 1.165) is 34.8 Å². The normalized spacial score (nSPS) is 11.0. The molecule has 2 aromatic heterocycles. The number of amides is 1. The van der Waals surface area contributed by atoms with Crippen molar-refractivity contribution in [2.24, 2.45) is 0 Å². The minimum absolute atomic E-state index is 0.0684.